The summed E-state index contributed by atoms with van der Waals surface area (Å²) in [5.74, 6) is 0. The Labute approximate surface area is 124 Å². The van der Waals surface area contributed by atoms with Crippen molar-refractivity contribution in [3.8, 4) is 0 Å². The SMILES string of the molecule is Brc1ccc[n+](Br)c1Br.[Br-].[Na]. The van der Waals surface area contributed by atoms with Crippen LogP contribution in [0.15, 0.2) is 27.4 Å². The molecule has 6 heteroatoms. The number of hydrogen-bond acceptors (Lipinski definition) is 0. The zero-order chi connectivity index (χ0) is 6.85. The van der Waals surface area contributed by atoms with E-state index in [2.05, 4.69) is 48.0 Å². The normalized spacial score (nSPS) is 7.91. The minimum Gasteiger partial charge on any atom is -1.00 e. The third kappa shape index (κ3) is 4.74. The zero-order valence-electron chi connectivity index (χ0n) is 5.69. The summed E-state index contributed by atoms with van der Waals surface area (Å²) in [6.07, 6.45) is 1.90. The number of hydrogen-bond donors (Lipinski definition) is 0. The molecule has 1 nitrogen and oxygen atoms in total. The average molecular weight is 420 g/mol. The van der Waals surface area contributed by atoms with Crippen LogP contribution in [-0.4, -0.2) is 29.6 Å². The quantitative estimate of drug-likeness (QED) is 0.386. The van der Waals surface area contributed by atoms with Gasteiger partial charge in [-0.05, 0) is 22.0 Å². The molecule has 1 heterocycles. The molecular weight excluding hydrogens is 417 g/mol. The summed E-state index contributed by atoms with van der Waals surface area (Å²) in [6.45, 7) is 0. The molecule has 0 aromatic carbocycles. The Morgan fingerprint density at radius 1 is 1.27 bits per heavy atom. The predicted molar refractivity (Wildman–Crippen MR) is 52.1 cm³/mol. The second-order valence-corrected chi connectivity index (χ2v) is 3.83. The first-order chi connectivity index (χ1) is 4.22. The van der Waals surface area contributed by atoms with Crippen LogP contribution in [0.1, 0.15) is 0 Å². The van der Waals surface area contributed by atoms with Crippen LogP contribution in [0.25, 0.3) is 0 Å². The van der Waals surface area contributed by atoms with E-state index in [0.717, 1.165) is 9.08 Å². The summed E-state index contributed by atoms with van der Waals surface area (Å²) in [6, 6.07) is 3.89. The van der Waals surface area contributed by atoms with Crippen LogP contribution in [0.4, 0.5) is 0 Å². The molecule has 0 N–H and O–H groups in total. The third-order valence-corrected chi connectivity index (χ3v) is 3.89. The molecule has 0 amide bonds. The molecule has 1 rings (SSSR count). The van der Waals surface area contributed by atoms with Crippen molar-refractivity contribution in [3.63, 3.8) is 0 Å². The van der Waals surface area contributed by atoms with E-state index in [1.54, 1.807) is 3.59 Å². The van der Waals surface area contributed by atoms with Gasteiger partial charge in [-0.2, -0.15) is 0 Å². The van der Waals surface area contributed by atoms with E-state index in [9.17, 15) is 0 Å². The van der Waals surface area contributed by atoms with E-state index in [-0.39, 0.29) is 46.5 Å². The number of pyridine rings is 1. The van der Waals surface area contributed by atoms with Crippen LogP contribution in [0.5, 0.6) is 0 Å². The van der Waals surface area contributed by atoms with Gasteiger partial charge in [-0.1, -0.05) is 0 Å². The van der Waals surface area contributed by atoms with Gasteiger partial charge in [0.2, 0.25) is 0 Å². The van der Waals surface area contributed by atoms with Crippen molar-refractivity contribution in [3.05, 3.63) is 27.4 Å². The largest absolute Gasteiger partial charge is 1.00 e. The maximum absolute atomic E-state index is 3.35. The monoisotopic (exact) mass is 416 g/mol. The Hall–Kier alpha value is 2.07. The second kappa shape index (κ2) is 7.47. The van der Waals surface area contributed by atoms with Crippen LogP contribution >= 0.6 is 48.0 Å². The molecule has 0 atom stereocenters. The maximum Gasteiger partial charge on any atom is 0.332 e. The minimum absolute atomic E-state index is 0. The summed E-state index contributed by atoms with van der Waals surface area (Å²) in [4.78, 5) is 0. The van der Waals surface area contributed by atoms with Crippen molar-refractivity contribution in [2.24, 2.45) is 0 Å². The molecule has 0 saturated carbocycles. The molecule has 0 aliphatic carbocycles. The fourth-order valence-corrected chi connectivity index (χ4v) is 1.60. The Kier molecular flexibility index (Phi) is 10.6. The maximum atomic E-state index is 3.35. The molecule has 0 fully saturated rings. The Morgan fingerprint density at radius 2 is 1.82 bits per heavy atom. The molecule has 0 aliphatic rings. The molecule has 11 heavy (non-hydrogen) atoms. The van der Waals surface area contributed by atoms with Gasteiger partial charge in [-0.3, -0.25) is 0 Å². The van der Waals surface area contributed by atoms with Crippen molar-refractivity contribution in [1.29, 1.82) is 0 Å². The molecule has 0 saturated heterocycles. The summed E-state index contributed by atoms with van der Waals surface area (Å²) in [7, 11) is 0. The van der Waals surface area contributed by atoms with Crippen LogP contribution in [0.2, 0.25) is 0 Å². The smallest absolute Gasteiger partial charge is 0.332 e. The van der Waals surface area contributed by atoms with Gasteiger partial charge in [0.15, 0.2) is 6.20 Å². The fourth-order valence-electron chi connectivity index (χ4n) is 0.439. The van der Waals surface area contributed by atoms with Crippen LogP contribution in [0.3, 0.4) is 0 Å². The molecule has 0 bridgehead atoms. The molecule has 0 unspecified atom stereocenters. The Bertz CT molecular complexity index is 209. The molecule has 1 aromatic rings. The summed E-state index contributed by atoms with van der Waals surface area (Å²) >= 11 is 9.98. The van der Waals surface area contributed by atoms with Gasteiger partial charge in [0.25, 0.3) is 4.60 Å². The van der Waals surface area contributed by atoms with Crippen molar-refractivity contribution in [2.45, 2.75) is 0 Å². The van der Waals surface area contributed by atoms with Crippen LogP contribution < -0.4 is 20.6 Å². The van der Waals surface area contributed by atoms with Gasteiger partial charge >= 0.3 is 16.1 Å². The van der Waals surface area contributed by atoms with E-state index < -0.39 is 0 Å². The molecule has 57 valence electrons. The van der Waals surface area contributed by atoms with Gasteiger partial charge in [0.05, 0.1) is 4.47 Å². The molecule has 0 aliphatic heterocycles. The summed E-state index contributed by atoms with van der Waals surface area (Å²) in [5.41, 5.74) is 0. The predicted octanol–water partition coefficient (Wildman–Crippen LogP) is -0.720. The molecule has 1 aromatic heterocycles. The van der Waals surface area contributed by atoms with E-state index >= 15 is 0 Å². The number of halogens is 4. The van der Waals surface area contributed by atoms with Crippen molar-refractivity contribution >= 4 is 77.6 Å². The standard InChI is InChI=1S/C5H3Br3N.BrH.Na/c6-4-2-1-3-9(8)5(4)7;;/h1-3H;1H;/q+1;;/p-1. The second-order valence-electron chi connectivity index (χ2n) is 1.46. The van der Waals surface area contributed by atoms with Crippen molar-refractivity contribution < 1.29 is 20.6 Å². The van der Waals surface area contributed by atoms with Gasteiger partial charge in [-0.15, -0.1) is 3.59 Å². The van der Waals surface area contributed by atoms with E-state index in [1.807, 2.05) is 18.3 Å². The van der Waals surface area contributed by atoms with Crippen molar-refractivity contribution in [2.75, 3.05) is 0 Å². The van der Waals surface area contributed by atoms with Gasteiger partial charge < -0.3 is 17.0 Å². The molecule has 0 spiro atoms. The number of rotatable bonds is 0. The van der Waals surface area contributed by atoms with Gasteiger partial charge in [0, 0.05) is 51.6 Å². The molecular formula is C5H3Br4NNa. The molecule has 1 radical (unpaired) electrons. The number of nitrogens with zero attached hydrogens (tertiary/aromatic N) is 1. The van der Waals surface area contributed by atoms with Crippen LogP contribution in [-0.2, 0) is 0 Å². The third-order valence-electron chi connectivity index (χ3n) is 0.844. The Morgan fingerprint density at radius 3 is 2.18 bits per heavy atom. The topological polar surface area (TPSA) is 3.88 Å². The van der Waals surface area contributed by atoms with Gasteiger partial charge in [0.1, 0.15) is 0 Å². The number of aromatic nitrogens is 1. The minimum atomic E-state index is 0. The zero-order valence-corrected chi connectivity index (χ0v) is 14.0. The van der Waals surface area contributed by atoms with E-state index in [1.165, 1.54) is 0 Å². The first kappa shape index (κ1) is 15.5. The van der Waals surface area contributed by atoms with E-state index in [4.69, 9.17) is 0 Å². The van der Waals surface area contributed by atoms with E-state index in [0.29, 0.717) is 0 Å². The van der Waals surface area contributed by atoms with Crippen LogP contribution in [0, 0.1) is 0 Å². The first-order valence-corrected chi connectivity index (χ1v) is 4.53. The average Bonchev–Trinajstić information content (AvgIpc) is 1.83. The Balaban J connectivity index is 0. The fraction of sp³-hybridized carbons (Fsp3) is 0. The van der Waals surface area contributed by atoms with Gasteiger partial charge in [-0.25, -0.2) is 0 Å². The summed E-state index contributed by atoms with van der Waals surface area (Å²) in [5, 5.41) is 0. The first-order valence-electron chi connectivity index (χ1n) is 2.23. The summed E-state index contributed by atoms with van der Waals surface area (Å²) < 4.78 is 3.81. The van der Waals surface area contributed by atoms with Crippen molar-refractivity contribution in [1.82, 2.24) is 0 Å².